The first-order chi connectivity index (χ1) is 16.4. The van der Waals surface area contributed by atoms with Crippen LogP contribution in [0.2, 0.25) is 0 Å². The molecule has 6 aromatic rings. The summed E-state index contributed by atoms with van der Waals surface area (Å²) in [4.78, 5) is 17.9. The summed E-state index contributed by atoms with van der Waals surface area (Å²) in [6, 6.07) is 24.1. The number of fused-ring (bicyclic) bond motifs is 1. The number of hydrogen-bond donors (Lipinski definition) is 0. The molecule has 4 heterocycles. The van der Waals surface area contributed by atoms with Gasteiger partial charge in [-0.1, -0.05) is 30.3 Å². The Bertz CT molecular complexity index is 1450. The Hall–Kier alpha value is -4.64. The summed E-state index contributed by atoms with van der Waals surface area (Å²) in [5.41, 5.74) is 8.45. The smallest absolute Gasteiger partial charge is 0.228 e. The summed E-state index contributed by atoms with van der Waals surface area (Å²) < 4.78 is 6.26. The van der Waals surface area contributed by atoms with Crippen LogP contribution in [0.4, 0.5) is 0 Å². The molecule has 0 saturated heterocycles. The second-order valence-corrected chi connectivity index (χ2v) is 7.66. The molecule has 0 bridgehead atoms. The van der Waals surface area contributed by atoms with Gasteiger partial charge in [0.2, 0.25) is 5.89 Å². The van der Waals surface area contributed by atoms with Crippen LogP contribution in [0.1, 0.15) is 0 Å². The van der Waals surface area contributed by atoms with E-state index >= 15 is 0 Å². The maximum absolute atomic E-state index is 6.26. The molecule has 33 heavy (non-hydrogen) atoms. The molecule has 6 rings (SSSR count). The highest BCUT2D eigenvalue weighted by atomic mass is 16.3. The zero-order chi connectivity index (χ0) is 22.0. The van der Waals surface area contributed by atoms with Gasteiger partial charge in [0.25, 0.3) is 0 Å². The molecule has 0 aliphatic rings. The molecule has 0 aliphatic carbocycles. The monoisotopic (exact) mass is 426 g/mol. The largest absolute Gasteiger partial charge is 0.436 e. The maximum Gasteiger partial charge on any atom is 0.228 e. The van der Waals surface area contributed by atoms with Gasteiger partial charge in [0.15, 0.2) is 5.58 Å². The molecule has 0 N–H and O–H groups in total. The minimum Gasteiger partial charge on any atom is -0.436 e. The van der Waals surface area contributed by atoms with Crippen molar-refractivity contribution < 1.29 is 4.42 Å². The molecule has 0 atom stereocenters. The number of para-hydroxylation sites is 2. The first kappa shape index (κ1) is 19.1. The number of aromatic nitrogens is 4. The molecule has 0 fully saturated rings. The molecule has 5 heteroatoms. The highest BCUT2D eigenvalue weighted by molar-refractivity contribution is 5.96. The molecule has 0 unspecified atom stereocenters. The Kier molecular flexibility index (Phi) is 4.70. The van der Waals surface area contributed by atoms with Crippen molar-refractivity contribution in [1.29, 1.82) is 0 Å². The number of rotatable bonds is 4. The number of nitrogens with zero attached hydrogens (tertiary/aromatic N) is 4. The second-order valence-electron chi connectivity index (χ2n) is 7.66. The molecular formula is C28H18N4O. The van der Waals surface area contributed by atoms with Crippen LogP contribution in [0.25, 0.3) is 55.9 Å². The van der Waals surface area contributed by atoms with Crippen LogP contribution in [0.5, 0.6) is 0 Å². The Morgan fingerprint density at radius 1 is 0.545 bits per heavy atom. The van der Waals surface area contributed by atoms with Gasteiger partial charge in [-0.25, -0.2) is 4.98 Å². The average Bonchev–Trinajstić information content (AvgIpc) is 3.33. The van der Waals surface area contributed by atoms with Crippen molar-refractivity contribution in [2.45, 2.75) is 0 Å². The number of oxazole rings is 1. The Morgan fingerprint density at radius 2 is 1.12 bits per heavy atom. The van der Waals surface area contributed by atoms with Gasteiger partial charge in [0.1, 0.15) is 5.52 Å². The van der Waals surface area contributed by atoms with E-state index in [4.69, 9.17) is 9.40 Å². The van der Waals surface area contributed by atoms with Crippen LogP contribution >= 0.6 is 0 Å². The minimum atomic E-state index is 0.562. The first-order valence-electron chi connectivity index (χ1n) is 10.6. The Morgan fingerprint density at radius 3 is 1.67 bits per heavy atom. The molecule has 5 nitrogen and oxygen atoms in total. The summed E-state index contributed by atoms with van der Waals surface area (Å²) in [5.74, 6) is 0.562. The van der Waals surface area contributed by atoms with Crippen LogP contribution in [-0.4, -0.2) is 19.9 Å². The molecule has 0 amide bonds. The molecule has 156 valence electrons. The van der Waals surface area contributed by atoms with Crippen molar-refractivity contribution in [3.05, 3.63) is 110 Å². The fourth-order valence-corrected chi connectivity index (χ4v) is 4.05. The van der Waals surface area contributed by atoms with Gasteiger partial charge < -0.3 is 4.42 Å². The van der Waals surface area contributed by atoms with Crippen molar-refractivity contribution in [2.75, 3.05) is 0 Å². The third-order valence-electron chi connectivity index (χ3n) is 5.59. The van der Waals surface area contributed by atoms with E-state index in [1.807, 2.05) is 61.1 Å². The standard InChI is InChI=1S/C28H18N4O/c1-2-10-26-25(9-1)32-28(33-26)27-23(20-7-4-12-30-17-20)14-22(19-6-3-11-29-16-19)15-24(27)21-8-5-13-31-18-21/h1-18H. The third-order valence-corrected chi connectivity index (χ3v) is 5.59. The van der Waals surface area contributed by atoms with E-state index in [1.54, 1.807) is 18.6 Å². The second kappa shape index (κ2) is 8.13. The summed E-state index contributed by atoms with van der Waals surface area (Å²) >= 11 is 0. The van der Waals surface area contributed by atoms with E-state index in [9.17, 15) is 0 Å². The van der Waals surface area contributed by atoms with Crippen molar-refractivity contribution >= 4 is 11.1 Å². The molecule has 0 aliphatic heterocycles. The molecule has 0 saturated carbocycles. The fraction of sp³-hybridized carbons (Fsp3) is 0. The van der Waals surface area contributed by atoms with Gasteiger partial charge in [-0.2, -0.15) is 0 Å². The average molecular weight is 426 g/mol. The van der Waals surface area contributed by atoms with Crippen molar-refractivity contribution in [2.24, 2.45) is 0 Å². The Balaban J connectivity index is 1.72. The summed E-state index contributed by atoms with van der Waals surface area (Å²) in [7, 11) is 0. The van der Waals surface area contributed by atoms with E-state index in [0.717, 1.165) is 50.0 Å². The number of benzene rings is 2. The predicted molar refractivity (Wildman–Crippen MR) is 129 cm³/mol. The van der Waals surface area contributed by atoms with Crippen LogP contribution in [0.15, 0.2) is 114 Å². The molecule has 4 aromatic heterocycles. The fourth-order valence-electron chi connectivity index (χ4n) is 4.05. The maximum atomic E-state index is 6.26. The van der Waals surface area contributed by atoms with Gasteiger partial charge >= 0.3 is 0 Å². The van der Waals surface area contributed by atoms with Gasteiger partial charge in [-0.05, 0) is 59.2 Å². The quantitative estimate of drug-likeness (QED) is 0.314. The van der Waals surface area contributed by atoms with Gasteiger partial charge in [0.05, 0.1) is 5.56 Å². The van der Waals surface area contributed by atoms with Gasteiger partial charge in [-0.3, -0.25) is 15.0 Å². The molecule has 0 radical (unpaired) electrons. The lowest BCUT2D eigenvalue weighted by molar-refractivity contribution is 0.620. The summed E-state index contributed by atoms with van der Waals surface area (Å²) in [6.07, 6.45) is 10.9. The predicted octanol–water partition coefficient (Wildman–Crippen LogP) is 6.68. The minimum absolute atomic E-state index is 0.562. The van der Waals surface area contributed by atoms with E-state index < -0.39 is 0 Å². The van der Waals surface area contributed by atoms with Gasteiger partial charge in [0, 0.05) is 53.9 Å². The zero-order valence-electron chi connectivity index (χ0n) is 17.6. The lowest BCUT2D eigenvalue weighted by atomic mass is 9.89. The van der Waals surface area contributed by atoms with E-state index in [0.29, 0.717) is 5.89 Å². The first-order valence-corrected chi connectivity index (χ1v) is 10.6. The topological polar surface area (TPSA) is 64.7 Å². The van der Waals surface area contributed by atoms with E-state index in [-0.39, 0.29) is 0 Å². The summed E-state index contributed by atoms with van der Waals surface area (Å²) in [6.45, 7) is 0. The van der Waals surface area contributed by atoms with Crippen LogP contribution in [-0.2, 0) is 0 Å². The number of pyridine rings is 3. The SMILES string of the molecule is c1cncc(-c2cc(-c3cccnc3)c(-c3nc4ccccc4o3)c(-c3cccnc3)c2)c1. The summed E-state index contributed by atoms with van der Waals surface area (Å²) in [5, 5.41) is 0. The third kappa shape index (κ3) is 3.55. The Labute approximate surface area is 190 Å². The van der Waals surface area contributed by atoms with E-state index in [1.165, 1.54) is 0 Å². The van der Waals surface area contributed by atoms with Gasteiger partial charge in [-0.15, -0.1) is 0 Å². The van der Waals surface area contributed by atoms with Crippen LogP contribution in [0, 0.1) is 0 Å². The highest BCUT2D eigenvalue weighted by Crippen LogP contribution is 2.43. The van der Waals surface area contributed by atoms with E-state index in [2.05, 4.69) is 45.3 Å². The highest BCUT2D eigenvalue weighted by Gasteiger charge is 2.21. The van der Waals surface area contributed by atoms with Crippen LogP contribution in [0.3, 0.4) is 0 Å². The van der Waals surface area contributed by atoms with Crippen LogP contribution < -0.4 is 0 Å². The lowest BCUT2D eigenvalue weighted by Crippen LogP contribution is -1.94. The van der Waals surface area contributed by atoms with Crippen molar-refractivity contribution in [1.82, 2.24) is 19.9 Å². The number of hydrogen-bond acceptors (Lipinski definition) is 5. The van der Waals surface area contributed by atoms with Crippen molar-refractivity contribution in [3.8, 4) is 44.8 Å². The molecule has 2 aromatic carbocycles. The zero-order valence-corrected chi connectivity index (χ0v) is 17.6. The lowest BCUT2D eigenvalue weighted by Gasteiger charge is -2.16. The normalized spacial score (nSPS) is 11.0. The van der Waals surface area contributed by atoms with Crippen molar-refractivity contribution in [3.63, 3.8) is 0 Å². The molecule has 0 spiro atoms. The molecular weight excluding hydrogens is 408 g/mol.